The van der Waals surface area contributed by atoms with Crippen molar-refractivity contribution in [1.29, 1.82) is 0 Å². The second-order valence-electron chi connectivity index (χ2n) is 10.6. The van der Waals surface area contributed by atoms with Gasteiger partial charge in [-0.2, -0.15) is 0 Å². The van der Waals surface area contributed by atoms with Crippen LogP contribution in [0.5, 0.6) is 0 Å². The third kappa shape index (κ3) is 8.70. The fraction of sp³-hybridized carbons (Fsp3) is 0.741. The molecular weight excluding hydrogens is 372 g/mol. The SMILES string of the molecule is C=C(C(/C(O)=C(\C)CCC(C)C)=C(\O)C(C=O)(CCC(C)C)CCC(C)C)C(C)C. The van der Waals surface area contributed by atoms with Gasteiger partial charge in [-0.15, -0.1) is 0 Å². The summed E-state index contributed by atoms with van der Waals surface area (Å²) in [6.07, 6.45) is 5.42. The number of aliphatic hydroxyl groups excluding tert-OH is 2. The summed E-state index contributed by atoms with van der Waals surface area (Å²) in [5.41, 5.74) is 0.897. The molecule has 0 saturated heterocycles. The summed E-state index contributed by atoms with van der Waals surface area (Å²) in [6.45, 7) is 22.9. The molecule has 0 aliphatic carbocycles. The van der Waals surface area contributed by atoms with E-state index in [0.29, 0.717) is 41.7 Å². The molecule has 0 aromatic heterocycles. The highest BCUT2D eigenvalue weighted by Crippen LogP contribution is 2.42. The smallest absolute Gasteiger partial charge is 0.133 e. The van der Waals surface area contributed by atoms with Crippen molar-refractivity contribution in [1.82, 2.24) is 0 Å². The maximum atomic E-state index is 12.5. The van der Waals surface area contributed by atoms with E-state index in [4.69, 9.17) is 0 Å². The van der Waals surface area contributed by atoms with E-state index in [2.05, 4.69) is 48.1 Å². The lowest BCUT2D eigenvalue weighted by atomic mass is 9.73. The van der Waals surface area contributed by atoms with Gasteiger partial charge in [-0.05, 0) is 80.3 Å². The number of rotatable bonds is 14. The molecule has 2 N–H and O–H groups in total. The number of carbonyl (C=O) groups excluding carboxylic acids is 1. The minimum absolute atomic E-state index is 0.00102. The number of carbonyl (C=O) groups is 1. The maximum Gasteiger partial charge on any atom is 0.133 e. The van der Waals surface area contributed by atoms with Crippen molar-refractivity contribution >= 4 is 6.29 Å². The van der Waals surface area contributed by atoms with Gasteiger partial charge < -0.3 is 15.0 Å². The minimum atomic E-state index is -0.992. The van der Waals surface area contributed by atoms with Crippen LogP contribution in [0.3, 0.4) is 0 Å². The molecule has 0 atom stereocenters. The molecule has 0 unspecified atom stereocenters. The van der Waals surface area contributed by atoms with Crippen LogP contribution in [0.4, 0.5) is 0 Å². The van der Waals surface area contributed by atoms with E-state index < -0.39 is 5.41 Å². The Morgan fingerprint density at radius 1 is 0.867 bits per heavy atom. The van der Waals surface area contributed by atoms with Crippen molar-refractivity contribution in [2.24, 2.45) is 29.1 Å². The Kier molecular flexibility index (Phi) is 12.4. The van der Waals surface area contributed by atoms with Crippen LogP contribution in [0.1, 0.15) is 101 Å². The summed E-state index contributed by atoms with van der Waals surface area (Å²) < 4.78 is 0. The molecule has 0 aliphatic rings. The molecule has 0 aromatic carbocycles. The molecule has 0 aromatic rings. The van der Waals surface area contributed by atoms with Crippen molar-refractivity contribution in [3.05, 3.63) is 34.8 Å². The monoisotopic (exact) mass is 420 g/mol. The molecule has 0 saturated carbocycles. The lowest BCUT2D eigenvalue weighted by Gasteiger charge is -2.32. The minimum Gasteiger partial charge on any atom is -0.510 e. The first kappa shape index (κ1) is 28.5. The fourth-order valence-corrected chi connectivity index (χ4v) is 3.42. The van der Waals surface area contributed by atoms with Crippen molar-refractivity contribution in [3.63, 3.8) is 0 Å². The first-order valence-corrected chi connectivity index (χ1v) is 11.8. The van der Waals surface area contributed by atoms with Gasteiger partial charge in [-0.25, -0.2) is 0 Å². The molecule has 3 nitrogen and oxygen atoms in total. The zero-order chi connectivity index (χ0) is 23.6. The van der Waals surface area contributed by atoms with Crippen LogP contribution < -0.4 is 0 Å². The van der Waals surface area contributed by atoms with Crippen LogP contribution in [-0.2, 0) is 4.79 Å². The maximum absolute atomic E-state index is 12.5. The van der Waals surface area contributed by atoms with Gasteiger partial charge in [-0.1, -0.05) is 62.0 Å². The highest BCUT2D eigenvalue weighted by molar-refractivity contribution is 5.67. The Bertz CT molecular complexity index is 606. The van der Waals surface area contributed by atoms with Crippen LogP contribution in [0.25, 0.3) is 0 Å². The summed E-state index contributed by atoms with van der Waals surface area (Å²) in [6, 6.07) is 0. The number of hydrogen-bond donors (Lipinski definition) is 2. The first-order valence-electron chi connectivity index (χ1n) is 11.8. The lowest BCUT2D eigenvalue weighted by Crippen LogP contribution is -2.29. The van der Waals surface area contributed by atoms with E-state index in [1.54, 1.807) is 0 Å². The summed E-state index contributed by atoms with van der Waals surface area (Å²) in [5, 5.41) is 22.7. The fourth-order valence-electron chi connectivity index (χ4n) is 3.42. The van der Waals surface area contributed by atoms with Crippen LogP contribution in [0.15, 0.2) is 34.8 Å². The molecular formula is C27H48O3. The third-order valence-corrected chi connectivity index (χ3v) is 6.03. The lowest BCUT2D eigenvalue weighted by molar-refractivity contribution is -0.116. The zero-order valence-corrected chi connectivity index (χ0v) is 21.1. The van der Waals surface area contributed by atoms with E-state index in [9.17, 15) is 15.0 Å². The number of aliphatic hydroxyl groups is 2. The zero-order valence-electron chi connectivity index (χ0n) is 21.1. The topological polar surface area (TPSA) is 57.5 Å². The van der Waals surface area contributed by atoms with Crippen LogP contribution in [-0.4, -0.2) is 16.5 Å². The number of allylic oxidation sites excluding steroid dienone is 3. The summed E-state index contributed by atoms with van der Waals surface area (Å²) in [4.78, 5) is 12.5. The second kappa shape index (κ2) is 13.0. The molecule has 30 heavy (non-hydrogen) atoms. The summed E-state index contributed by atoms with van der Waals surface area (Å²) in [5.74, 6) is 1.50. The number of aldehydes is 1. The van der Waals surface area contributed by atoms with Gasteiger partial charge in [0, 0.05) is 0 Å². The highest BCUT2D eigenvalue weighted by Gasteiger charge is 2.38. The Morgan fingerprint density at radius 2 is 1.30 bits per heavy atom. The van der Waals surface area contributed by atoms with Gasteiger partial charge in [0.1, 0.15) is 17.8 Å². The van der Waals surface area contributed by atoms with Crippen molar-refractivity contribution < 1.29 is 15.0 Å². The Morgan fingerprint density at radius 3 is 1.63 bits per heavy atom. The molecule has 0 rings (SSSR count). The Labute approximate surface area is 186 Å². The average Bonchev–Trinajstić information content (AvgIpc) is 2.65. The quantitative estimate of drug-likeness (QED) is 0.169. The number of hydrogen-bond acceptors (Lipinski definition) is 3. The molecule has 0 bridgehead atoms. The second-order valence-corrected chi connectivity index (χ2v) is 10.6. The summed E-state index contributed by atoms with van der Waals surface area (Å²) in [7, 11) is 0. The molecule has 0 heterocycles. The highest BCUT2D eigenvalue weighted by atomic mass is 16.3. The predicted octanol–water partition coefficient (Wildman–Crippen LogP) is 8.34. The normalized spacial score (nSPS) is 14.4. The predicted molar refractivity (Wildman–Crippen MR) is 130 cm³/mol. The molecule has 0 aliphatic heterocycles. The van der Waals surface area contributed by atoms with E-state index in [-0.39, 0.29) is 17.4 Å². The molecule has 174 valence electrons. The molecule has 3 heteroatoms. The standard InChI is InChI=1S/C27H48O3/c1-18(2)11-12-22(9)25(29)24(23(10)21(7)8)26(30)27(17-28,15-13-19(3)4)16-14-20(5)6/h17-21,29-30H,10-16H2,1-9H3/b25-22-,26-24+. The van der Waals surface area contributed by atoms with Crippen LogP contribution >= 0.6 is 0 Å². The van der Waals surface area contributed by atoms with E-state index in [1.807, 2.05) is 20.8 Å². The molecule has 0 fully saturated rings. The van der Waals surface area contributed by atoms with Gasteiger partial charge in [0.05, 0.1) is 11.0 Å². The molecule has 0 amide bonds. The third-order valence-electron chi connectivity index (χ3n) is 6.03. The average molecular weight is 421 g/mol. The van der Waals surface area contributed by atoms with Crippen molar-refractivity contribution in [2.45, 2.75) is 101 Å². The molecule has 0 spiro atoms. The van der Waals surface area contributed by atoms with Gasteiger partial charge in [0.2, 0.25) is 0 Å². The van der Waals surface area contributed by atoms with E-state index in [0.717, 1.165) is 37.5 Å². The van der Waals surface area contributed by atoms with Gasteiger partial charge in [-0.3, -0.25) is 0 Å². The largest absolute Gasteiger partial charge is 0.510 e. The van der Waals surface area contributed by atoms with Crippen LogP contribution in [0, 0.1) is 29.1 Å². The Balaban J connectivity index is 6.62. The van der Waals surface area contributed by atoms with Gasteiger partial charge in [0.15, 0.2) is 0 Å². The van der Waals surface area contributed by atoms with E-state index in [1.165, 1.54) is 0 Å². The van der Waals surface area contributed by atoms with Crippen molar-refractivity contribution in [2.75, 3.05) is 0 Å². The van der Waals surface area contributed by atoms with Gasteiger partial charge in [0.25, 0.3) is 0 Å². The van der Waals surface area contributed by atoms with E-state index >= 15 is 0 Å². The van der Waals surface area contributed by atoms with Crippen LogP contribution in [0.2, 0.25) is 0 Å². The van der Waals surface area contributed by atoms with Gasteiger partial charge >= 0.3 is 0 Å². The Hall–Kier alpha value is -1.51. The summed E-state index contributed by atoms with van der Waals surface area (Å²) >= 11 is 0. The molecule has 0 radical (unpaired) electrons. The first-order chi connectivity index (χ1) is 13.8. The van der Waals surface area contributed by atoms with Crippen molar-refractivity contribution in [3.8, 4) is 0 Å².